The number of carbonyl (C=O) groups is 1. The largest absolute Gasteiger partial charge is 0.493 e. The first-order valence-electron chi connectivity index (χ1n) is 7.29. The molecule has 1 atom stereocenters. The van der Waals surface area contributed by atoms with E-state index < -0.39 is 0 Å². The van der Waals surface area contributed by atoms with Crippen molar-refractivity contribution in [3.05, 3.63) is 29.8 Å². The highest BCUT2D eigenvalue weighted by molar-refractivity contribution is 5.98. The van der Waals surface area contributed by atoms with Gasteiger partial charge in [-0.1, -0.05) is 18.6 Å². The Hall–Kier alpha value is -1.35. The highest BCUT2D eigenvalue weighted by atomic mass is 16.5. The standard InChI is InChI=1S/C16H23NO2/c1-2-19-16-9-4-3-8-14(16)15(18)11-10-13-7-5-6-12-17-13/h3-4,8-9,13,17H,2,5-7,10-12H2,1H3. The lowest BCUT2D eigenvalue weighted by molar-refractivity contribution is 0.0970. The van der Waals surface area contributed by atoms with Crippen molar-refractivity contribution in [2.24, 2.45) is 0 Å². The first kappa shape index (κ1) is 14.1. The minimum atomic E-state index is 0.191. The SMILES string of the molecule is CCOc1ccccc1C(=O)CCC1CCCCN1. The number of para-hydroxylation sites is 1. The molecular formula is C16H23NO2. The van der Waals surface area contributed by atoms with Crippen molar-refractivity contribution in [2.75, 3.05) is 13.2 Å². The lowest BCUT2D eigenvalue weighted by Gasteiger charge is -2.23. The molecule has 1 aromatic carbocycles. The molecule has 0 aliphatic carbocycles. The number of Topliss-reactive ketones (excluding diaryl/α,β-unsaturated/α-hetero) is 1. The third kappa shape index (κ3) is 4.06. The molecule has 104 valence electrons. The molecule has 2 rings (SSSR count). The number of hydrogen-bond donors (Lipinski definition) is 1. The molecule has 1 aliphatic rings. The molecule has 1 N–H and O–H groups in total. The third-order valence-electron chi connectivity index (χ3n) is 3.62. The maximum atomic E-state index is 12.3. The zero-order valence-electron chi connectivity index (χ0n) is 11.7. The van der Waals surface area contributed by atoms with Crippen LogP contribution in [0.4, 0.5) is 0 Å². The van der Waals surface area contributed by atoms with Crippen LogP contribution in [0.5, 0.6) is 5.75 Å². The predicted octanol–water partition coefficient (Wildman–Crippen LogP) is 3.19. The van der Waals surface area contributed by atoms with Gasteiger partial charge in [0.25, 0.3) is 0 Å². The Bertz CT molecular complexity index is 411. The maximum Gasteiger partial charge on any atom is 0.166 e. The second kappa shape index (κ2) is 7.29. The monoisotopic (exact) mass is 261 g/mol. The van der Waals surface area contributed by atoms with Crippen LogP contribution in [0.3, 0.4) is 0 Å². The van der Waals surface area contributed by atoms with Gasteiger partial charge < -0.3 is 10.1 Å². The van der Waals surface area contributed by atoms with E-state index >= 15 is 0 Å². The van der Waals surface area contributed by atoms with Crippen LogP contribution in [-0.4, -0.2) is 25.0 Å². The molecule has 3 heteroatoms. The van der Waals surface area contributed by atoms with Crippen LogP contribution in [0.15, 0.2) is 24.3 Å². The molecule has 1 heterocycles. The minimum absolute atomic E-state index is 0.191. The molecule has 0 aromatic heterocycles. The smallest absolute Gasteiger partial charge is 0.166 e. The Morgan fingerprint density at radius 3 is 2.95 bits per heavy atom. The van der Waals surface area contributed by atoms with Crippen molar-refractivity contribution in [3.63, 3.8) is 0 Å². The first-order valence-corrected chi connectivity index (χ1v) is 7.29. The summed E-state index contributed by atoms with van der Waals surface area (Å²) >= 11 is 0. The van der Waals surface area contributed by atoms with Crippen LogP contribution < -0.4 is 10.1 Å². The summed E-state index contributed by atoms with van der Waals surface area (Å²) in [6.45, 7) is 3.62. The van der Waals surface area contributed by atoms with Gasteiger partial charge in [0.05, 0.1) is 12.2 Å². The molecule has 0 spiro atoms. The molecule has 1 saturated heterocycles. The predicted molar refractivity (Wildman–Crippen MR) is 76.8 cm³/mol. The number of rotatable bonds is 6. The number of hydrogen-bond acceptors (Lipinski definition) is 3. The fourth-order valence-corrected chi connectivity index (χ4v) is 2.59. The van der Waals surface area contributed by atoms with Gasteiger partial charge in [-0.2, -0.15) is 0 Å². The van der Waals surface area contributed by atoms with E-state index in [1.807, 2.05) is 31.2 Å². The Morgan fingerprint density at radius 1 is 1.37 bits per heavy atom. The van der Waals surface area contributed by atoms with Crippen LogP contribution in [0.25, 0.3) is 0 Å². The Balaban J connectivity index is 1.91. The summed E-state index contributed by atoms with van der Waals surface area (Å²) in [5.41, 5.74) is 0.722. The molecule has 0 radical (unpaired) electrons. The second-order valence-corrected chi connectivity index (χ2v) is 5.04. The Morgan fingerprint density at radius 2 is 2.21 bits per heavy atom. The molecule has 0 bridgehead atoms. The zero-order chi connectivity index (χ0) is 13.5. The molecule has 1 unspecified atom stereocenters. The van der Waals surface area contributed by atoms with Gasteiger partial charge in [-0.3, -0.25) is 4.79 Å². The van der Waals surface area contributed by atoms with E-state index in [4.69, 9.17) is 4.74 Å². The molecule has 1 aliphatic heterocycles. The number of piperidine rings is 1. The first-order chi connectivity index (χ1) is 9.31. The van der Waals surface area contributed by atoms with E-state index in [0.29, 0.717) is 24.8 Å². The van der Waals surface area contributed by atoms with Crippen LogP contribution in [0, 0.1) is 0 Å². The van der Waals surface area contributed by atoms with Gasteiger partial charge in [-0.25, -0.2) is 0 Å². The molecule has 0 amide bonds. The van der Waals surface area contributed by atoms with E-state index in [1.54, 1.807) is 0 Å². The Labute approximate surface area is 115 Å². The van der Waals surface area contributed by atoms with E-state index in [9.17, 15) is 4.79 Å². The molecule has 19 heavy (non-hydrogen) atoms. The molecule has 1 fully saturated rings. The van der Waals surface area contributed by atoms with Crippen molar-refractivity contribution in [3.8, 4) is 5.75 Å². The van der Waals surface area contributed by atoms with E-state index in [2.05, 4.69) is 5.32 Å². The normalized spacial score (nSPS) is 19.1. The second-order valence-electron chi connectivity index (χ2n) is 5.04. The van der Waals surface area contributed by atoms with Gasteiger partial charge in [-0.15, -0.1) is 0 Å². The van der Waals surface area contributed by atoms with Crippen LogP contribution in [-0.2, 0) is 0 Å². The maximum absolute atomic E-state index is 12.3. The number of ketones is 1. The van der Waals surface area contributed by atoms with E-state index in [-0.39, 0.29) is 5.78 Å². The van der Waals surface area contributed by atoms with Crippen LogP contribution in [0.2, 0.25) is 0 Å². The van der Waals surface area contributed by atoms with Gasteiger partial charge in [0.2, 0.25) is 0 Å². The van der Waals surface area contributed by atoms with Gasteiger partial charge in [0, 0.05) is 12.5 Å². The average molecular weight is 261 g/mol. The Kier molecular flexibility index (Phi) is 5.40. The summed E-state index contributed by atoms with van der Waals surface area (Å²) in [4.78, 5) is 12.3. The van der Waals surface area contributed by atoms with Gasteiger partial charge >= 0.3 is 0 Å². The lowest BCUT2D eigenvalue weighted by Crippen LogP contribution is -2.34. The third-order valence-corrected chi connectivity index (χ3v) is 3.62. The topological polar surface area (TPSA) is 38.3 Å². The van der Waals surface area contributed by atoms with E-state index in [0.717, 1.165) is 18.5 Å². The number of nitrogens with one attached hydrogen (secondary N) is 1. The molecule has 3 nitrogen and oxygen atoms in total. The summed E-state index contributed by atoms with van der Waals surface area (Å²) in [7, 11) is 0. The summed E-state index contributed by atoms with van der Waals surface area (Å²) < 4.78 is 5.51. The van der Waals surface area contributed by atoms with Gasteiger partial charge in [0.15, 0.2) is 5.78 Å². The summed E-state index contributed by atoms with van der Waals surface area (Å²) in [5.74, 6) is 0.906. The zero-order valence-corrected chi connectivity index (χ0v) is 11.7. The van der Waals surface area contributed by atoms with Crippen molar-refractivity contribution in [2.45, 2.75) is 45.1 Å². The van der Waals surface area contributed by atoms with Crippen LogP contribution in [0.1, 0.15) is 49.4 Å². The van der Waals surface area contributed by atoms with Crippen molar-refractivity contribution in [1.82, 2.24) is 5.32 Å². The minimum Gasteiger partial charge on any atom is -0.493 e. The fraction of sp³-hybridized carbons (Fsp3) is 0.562. The summed E-state index contributed by atoms with van der Waals surface area (Å²) in [6, 6.07) is 8.05. The number of benzene rings is 1. The van der Waals surface area contributed by atoms with Gasteiger partial charge in [-0.05, 0) is 44.9 Å². The van der Waals surface area contributed by atoms with Crippen LogP contribution >= 0.6 is 0 Å². The lowest BCUT2D eigenvalue weighted by atomic mass is 9.97. The van der Waals surface area contributed by atoms with Gasteiger partial charge in [0.1, 0.15) is 5.75 Å². The number of ether oxygens (including phenoxy) is 1. The number of carbonyl (C=O) groups excluding carboxylic acids is 1. The van der Waals surface area contributed by atoms with Crippen molar-refractivity contribution < 1.29 is 9.53 Å². The highest BCUT2D eigenvalue weighted by Crippen LogP contribution is 2.21. The van der Waals surface area contributed by atoms with Crippen molar-refractivity contribution in [1.29, 1.82) is 0 Å². The fourth-order valence-electron chi connectivity index (χ4n) is 2.59. The molecular weight excluding hydrogens is 238 g/mol. The molecule has 1 aromatic rings. The highest BCUT2D eigenvalue weighted by Gasteiger charge is 2.16. The van der Waals surface area contributed by atoms with Crippen molar-refractivity contribution >= 4 is 5.78 Å². The van der Waals surface area contributed by atoms with E-state index in [1.165, 1.54) is 19.3 Å². The average Bonchev–Trinajstić information content (AvgIpc) is 2.47. The summed E-state index contributed by atoms with van der Waals surface area (Å²) in [6.07, 6.45) is 5.26. The quantitative estimate of drug-likeness (QED) is 0.799. The molecule has 0 saturated carbocycles. The summed E-state index contributed by atoms with van der Waals surface area (Å²) in [5, 5.41) is 3.48.